The fraction of sp³-hybridized carbons (Fsp3) is 0.467. The van der Waals surface area contributed by atoms with E-state index < -0.39 is 23.8 Å². The first-order chi connectivity index (χ1) is 18.5. The Kier molecular flexibility index (Phi) is 9.35. The fourth-order valence-corrected chi connectivity index (χ4v) is 5.95. The lowest BCUT2D eigenvalue weighted by Crippen LogP contribution is -2.52. The molecule has 3 aromatic rings. The lowest BCUT2D eigenvalue weighted by molar-refractivity contribution is -0.120. The minimum atomic E-state index is -0.994. The normalized spacial score (nSPS) is 16.1. The summed E-state index contributed by atoms with van der Waals surface area (Å²) >= 11 is 1.53. The van der Waals surface area contributed by atoms with Gasteiger partial charge in [0.25, 0.3) is 0 Å². The van der Waals surface area contributed by atoms with Crippen LogP contribution in [0.2, 0.25) is 0 Å². The number of aromatic nitrogens is 1. The minimum absolute atomic E-state index is 0.0173. The number of nitrogens with zero attached hydrogens (tertiary/aromatic N) is 2. The van der Waals surface area contributed by atoms with E-state index in [1.807, 2.05) is 5.38 Å². The van der Waals surface area contributed by atoms with E-state index in [0.29, 0.717) is 5.56 Å². The van der Waals surface area contributed by atoms with Gasteiger partial charge in [0.05, 0.1) is 17.8 Å². The van der Waals surface area contributed by atoms with Crippen LogP contribution in [0.1, 0.15) is 51.7 Å². The standard InChI is InChI=1S/C30H38F2N4O2S/c1-19(37)34-26(14-20-12-23(31)16-24(32)13-20)28(38)17-36(25-8-10-33-11-9-25)29-35-27(18-39-29)21-6-5-7-22(15-21)30(2,3)4/h5-7,12-13,15-16,18,25-26,28,33,38H,8-11,14,17H2,1-4H3,(H,34,37). The minimum Gasteiger partial charge on any atom is -0.389 e. The van der Waals surface area contributed by atoms with Gasteiger partial charge in [0.1, 0.15) is 11.6 Å². The van der Waals surface area contributed by atoms with Gasteiger partial charge < -0.3 is 20.6 Å². The van der Waals surface area contributed by atoms with Crippen molar-refractivity contribution in [2.24, 2.45) is 0 Å². The van der Waals surface area contributed by atoms with Crippen molar-refractivity contribution >= 4 is 22.4 Å². The molecule has 0 spiro atoms. The molecule has 210 valence electrons. The van der Waals surface area contributed by atoms with Crippen LogP contribution in [0.25, 0.3) is 11.3 Å². The first-order valence-electron chi connectivity index (χ1n) is 13.4. The number of carbonyl (C=O) groups is 1. The number of amides is 1. The Morgan fingerprint density at radius 2 is 1.87 bits per heavy atom. The van der Waals surface area contributed by atoms with Crippen molar-refractivity contribution in [3.05, 3.63) is 70.6 Å². The van der Waals surface area contributed by atoms with Crippen molar-refractivity contribution in [2.45, 2.75) is 70.6 Å². The van der Waals surface area contributed by atoms with Crippen LogP contribution in [-0.2, 0) is 16.6 Å². The highest BCUT2D eigenvalue weighted by atomic mass is 32.1. The fourth-order valence-electron chi connectivity index (χ4n) is 5.03. The van der Waals surface area contributed by atoms with Gasteiger partial charge in [0, 0.05) is 36.5 Å². The Morgan fingerprint density at radius 3 is 2.51 bits per heavy atom. The van der Waals surface area contributed by atoms with Gasteiger partial charge in [-0.3, -0.25) is 4.79 Å². The first kappa shape index (κ1) is 29.1. The molecule has 2 unspecified atom stereocenters. The molecule has 4 rings (SSSR count). The van der Waals surface area contributed by atoms with Crippen molar-refractivity contribution < 1.29 is 18.7 Å². The predicted molar refractivity (Wildman–Crippen MR) is 153 cm³/mol. The maximum atomic E-state index is 13.8. The Balaban J connectivity index is 1.60. The highest BCUT2D eigenvalue weighted by molar-refractivity contribution is 7.14. The predicted octanol–water partition coefficient (Wildman–Crippen LogP) is 5.05. The topological polar surface area (TPSA) is 77.5 Å². The number of hydrogen-bond acceptors (Lipinski definition) is 6. The van der Waals surface area contributed by atoms with Crippen LogP contribution < -0.4 is 15.5 Å². The number of thiazole rings is 1. The number of halogens is 2. The van der Waals surface area contributed by atoms with E-state index in [0.717, 1.165) is 48.4 Å². The van der Waals surface area contributed by atoms with Crippen LogP contribution in [0.3, 0.4) is 0 Å². The van der Waals surface area contributed by atoms with Gasteiger partial charge in [0.15, 0.2) is 5.13 Å². The van der Waals surface area contributed by atoms with Crippen molar-refractivity contribution in [3.63, 3.8) is 0 Å². The molecule has 0 saturated carbocycles. The SMILES string of the molecule is CC(=O)NC(Cc1cc(F)cc(F)c1)C(O)CN(c1nc(-c2cccc(C(C)(C)C)c2)cs1)C1CCNCC1. The zero-order valence-electron chi connectivity index (χ0n) is 23.0. The van der Waals surface area contributed by atoms with Crippen LogP contribution in [0.5, 0.6) is 0 Å². The van der Waals surface area contributed by atoms with E-state index >= 15 is 0 Å². The average Bonchev–Trinajstić information content (AvgIpc) is 3.36. The molecule has 39 heavy (non-hydrogen) atoms. The summed E-state index contributed by atoms with van der Waals surface area (Å²) in [4.78, 5) is 19.1. The largest absolute Gasteiger partial charge is 0.389 e. The lowest BCUT2D eigenvalue weighted by Gasteiger charge is -2.37. The van der Waals surface area contributed by atoms with Crippen LogP contribution in [0, 0.1) is 11.6 Å². The van der Waals surface area contributed by atoms with E-state index in [1.54, 1.807) is 0 Å². The summed E-state index contributed by atoms with van der Waals surface area (Å²) in [6.07, 6.45) is 0.881. The van der Waals surface area contributed by atoms with Crippen LogP contribution in [0.15, 0.2) is 47.8 Å². The third kappa shape index (κ3) is 7.84. The smallest absolute Gasteiger partial charge is 0.217 e. The molecule has 1 aliphatic rings. The van der Waals surface area contributed by atoms with Crippen molar-refractivity contribution in [1.29, 1.82) is 0 Å². The van der Waals surface area contributed by atoms with Gasteiger partial charge in [0.2, 0.25) is 5.91 Å². The molecule has 1 aromatic heterocycles. The lowest BCUT2D eigenvalue weighted by atomic mass is 9.86. The Labute approximate surface area is 233 Å². The quantitative estimate of drug-likeness (QED) is 0.344. The molecular weight excluding hydrogens is 518 g/mol. The molecule has 1 fully saturated rings. The molecule has 3 N–H and O–H groups in total. The molecule has 6 nitrogen and oxygen atoms in total. The van der Waals surface area contributed by atoms with Crippen LogP contribution in [-0.4, -0.2) is 53.8 Å². The highest BCUT2D eigenvalue weighted by Gasteiger charge is 2.30. The molecule has 1 aliphatic heterocycles. The molecule has 1 amide bonds. The molecule has 2 aromatic carbocycles. The van der Waals surface area contributed by atoms with E-state index in [-0.39, 0.29) is 30.3 Å². The van der Waals surface area contributed by atoms with Crippen LogP contribution >= 0.6 is 11.3 Å². The maximum Gasteiger partial charge on any atom is 0.217 e. The van der Waals surface area contributed by atoms with E-state index in [9.17, 15) is 18.7 Å². The number of piperidine rings is 1. The van der Waals surface area contributed by atoms with Gasteiger partial charge in [-0.1, -0.05) is 39.0 Å². The Morgan fingerprint density at radius 1 is 1.18 bits per heavy atom. The molecule has 0 bridgehead atoms. The monoisotopic (exact) mass is 556 g/mol. The molecule has 1 saturated heterocycles. The summed E-state index contributed by atoms with van der Waals surface area (Å²) in [5.74, 6) is -1.70. The summed E-state index contributed by atoms with van der Waals surface area (Å²) in [6.45, 7) is 9.87. The molecule has 0 radical (unpaired) electrons. The van der Waals surface area contributed by atoms with Gasteiger partial charge in [-0.05, 0) is 67.1 Å². The summed E-state index contributed by atoms with van der Waals surface area (Å²) in [6, 6.07) is 11.1. The van der Waals surface area contributed by atoms with E-state index in [2.05, 4.69) is 60.6 Å². The highest BCUT2D eigenvalue weighted by Crippen LogP contribution is 2.33. The van der Waals surface area contributed by atoms with Crippen molar-refractivity contribution in [2.75, 3.05) is 24.5 Å². The second kappa shape index (κ2) is 12.5. The Hall–Kier alpha value is -2.88. The number of aliphatic hydroxyl groups excluding tert-OH is 1. The van der Waals surface area contributed by atoms with Crippen molar-refractivity contribution in [1.82, 2.24) is 15.6 Å². The van der Waals surface area contributed by atoms with Gasteiger partial charge in [-0.25, -0.2) is 13.8 Å². The average molecular weight is 557 g/mol. The Bertz CT molecular complexity index is 1250. The summed E-state index contributed by atoms with van der Waals surface area (Å²) in [5, 5.41) is 20.4. The number of hydrogen-bond donors (Lipinski definition) is 3. The number of anilines is 1. The van der Waals surface area contributed by atoms with Gasteiger partial charge in [-0.15, -0.1) is 11.3 Å². The molecule has 2 heterocycles. The van der Waals surface area contributed by atoms with Crippen molar-refractivity contribution in [3.8, 4) is 11.3 Å². The molecule has 2 atom stereocenters. The number of benzene rings is 2. The van der Waals surface area contributed by atoms with Gasteiger partial charge in [-0.2, -0.15) is 0 Å². The summed E-state index contributed by atoms with van der Waals surface area (Å²) in [7, 11) is 0. The zero-order chi connectivity index (χ0) is 28.2. The molecule has 0 aliphatic carbocycles. The van der Waals surface area contributed by atoms with E-state index in [4.69, 9.17) is 4.98 Å². The number of nitrogens with one attached hydrogen (secondary N) is 2. The van der Waals surface area contributed by atoms with Crippen LogP contribution in [0.4, 0.5) is 13.9 Å². The molecular formula is C30H38F2N4O2S. The summed E-state index contributed by atoms with van der Waals surface area (Å²) in [5.41, 5.74) is 3.54. The second-order valence-electron chi connectivity index (χ2n) is 11.3. The number of aliphatic hydroxyl groups is 1. The third-order valence-electron chi connectivity index (χ3n) is 7.13. The molecule has 9 heteroatoms. The number of carbonyl (C=O) groups excluding carboxylic acids is 1. The maximum absolute atomic E-state index is 13.8. The first-order valence-corrected chi connectivity index (χ1v) is 14.3. The second-order valence-corrected chi connectivity index (χ2v) is 12.2. The van der Waals surface area contributed by atoms with Gasteiger partial charge >= 0.3 is 0 Å². The number of rotatable bonds is 9. The third-order valence-corrected chi connectivity index (χ3v) is 8.00. The summed E-state index contributed by atoms with van der Waals surface area (Å²) < 4.78 is 27.7. The zero-order valence-corrected chi connectivity index (χ0v) is 23.8. The van der Waals surface area contributed by atoms with E-state index in [1.165, 1.54) is 36.0 Å².